The zero-order chi connectivity index (χ0) is 17.8. The van der Waals surface area contributed by atoms with Gasteiger partial charge in [-0.2, -0.15) is 8.42 Å². The van der Waals surface area contributed by atoms with E-state index in [4.69, 9.17) is 0 Å². The van der Waals surface area contributed by atoms with E-state index in [9.17, 15) is 8.42 Å². The SMILES string of the molecule is CCCCCCCCCCCCCCOS(=O)(=O)OC.CNC. The molecule has 0 atom stereocenters. The third-order valence-electron chi connectivity index (χ3n) is 3.43. The van der Waals surface area contributed by atoms with E-state index >= 15 is 0 Å². The van der Waals surface area contributed by atoms with Crippen LogP contribution in [0.2, 0.25) is 0 Å². The molecule has 142 valence electrons. The van der Waals surface area contributed by atoms with Gasteiger partial charge in [-0.3, -0.25) is 4.18 Å². The van der Waals surface area contributed by atoms with Crippen molar-refractivity contribution in [3.8, 4) is 0 Å². The fraction of sp³-hybridized carbons (Fsp3) is 1.00. The van der Waals surface area contributed by atoms with Crippen LogP contribution in [0.4, 0.5) is 0 Å². The third kappa shape index (κ3) is 24.2. The molecular formula is C17H39NO4S. The molecule has 0 saturated carbocycles. The molecule has 23 heavy (non-hydrogen) atoms. The highest BCUT2D eigenvalue weighted by Gasteiger charge is 2.07. The maximum absolute atomic E-state index is 10.9. The van der Waals surface area contributed by atoms with Crippen LogP contribution >= 0.6 is 0 Å². The Hall–Kier alpha value is -0.170. The predicted octanol–water partition coefficient (Wildman–Crippen LogP) is 4.43. The van der Waals surface area contributed by atoms with Gasteiger partial charge in [-0.05, 0) is 20.5 Å². The van der Waals surface area contributed by atoms with Gasteiger partial charge in [-0.25, -0.2) is 4.18 Å². The summed E-state index contributed by atoms with van der Waals surface area (Å²) < 4.78 is 30.5. The lowest BCUT2D eigenvalue weighted by molar-refractivity contribution is 0.238. The van der Waals surface area contributed by atoms with Gasteiger partial charge in [0, 0.05) is 0 Å². The summed E-state index contributed by atoms with van der Waals surface area (Å²) in [6.07, 6.45) is 15.0. The van der Waals surface area contributed by atoms with Crippen LogP contribution in [-0.2, 0) is 18.8 Å². The molecule has 0 bridgehead atoms. The fourth-order valence-electron chi connectivity index (χ4n) is 2.15. The fourth-order valence-corrected chi connectivity index (χ4v) is 2.57. The molecule has 0 aliphatic heterocycles. The van der Waals surface area contributed by atoms with Crippen molar-refractivity contribution in [1.82, 2.24) is 5.32 Å². The Morgan fingerprint density at radius 3 is 1.43 bits per heavy atom. The molecule has 0 fully saturated rings. The Balaban J connectivity index is 0. The summed E-state index contributed by atoms with van der Waals surface area (Å²) in [6.45, 7) is 2.48. The molecule has 0 radical (unpaired) electrons. The normalized spacial score (nSPS) is 11.1. The first kappa shape index (κ1) is 25.1. The number of rotatable bonds is 15. The van der Waals surface area contributed by atoms with Crippen LogP contribution < -0.4 is 5.32 Å². The monoisotopic (exact) mass is 353 g/mol. The summed E-state index contributed by atoms with van der Waals surface area (Å²) in [6, 6.07) is 0. The second kappa shape index (κ2) is 19.9. The van der Waals surface area contributed by atoms with Gasteiger partial charge >= 0.3 is 10.4 Å². The Bertz CT molecular complexity index is 308. The lowest BCUT2D eigenvalue weighted by Gasteiger charge is -2.03. The molecule has 6 heteroatoms. The second-order valence-corrected chi connectivity index (χ2v) is 7.17. The van der Waals surface area contributed by atoms with Crippen LogP contribution in [0, 0.1) is 0 Å². The van der Waals surface area contributed by atoms with E-state index in [1.807, 2.05) is 14.1 Å². The quantitative estimate of drug-likeness (QED) is 0.441. The van der Waals surface area contributed by atoms with Gasteiger partial charge in [-0.1, -0.05) is 77.6 Å². The molecule has 0 rings (SSSR count). The lowest BCUT2D eigenvalue weighted by Crippen LogP contribution is -2.08. The average Bonchev–Trinajstić information content (AvgIpc) is 2.52. The summed E-state index contributed by atoms with van der Waals surface area (Å²) in [5.41, 5.74) is 0. The molecule has 0 spiro atoms. The van der Waals surface area contributed by atoms with Crippen LogP contribution in [-0.4, -0.2) is 36.2 Å². The minimum absolute atomic E-state index is 0.230. The number of hydrogen-bond donors (Lipinski definition) is 1. The summed E-state index contributed by atoms with van der Waals surface area (Å²) in [4.78, 5) is 0. The van der Waals surface area contributed by atoms with E-state index < -0.39 is 10.4 Å². The minimum atomic E-state index is -3.73. The number of hydrogen-bond acceptors (Lipinski definition) is 5. The molecule has 0 aromatic rings. The number of nitrogens with one attached hydrogen (secondary N) is 1. The van der Waals surface area contributed by atoms with Gasteiger partial charge in [0.15, 0.2) is 0 Å². The Morgan fingerprint density at radius 2 is 1.09 bits per heavy atom. The van der Waals surface area contributed by atoms with Crippen molar-refractivity contribution in [3.63, 3.8) is 0 Å². The Morgan fingerprint density at radius 1 is 0.739 bits per heavy atom. The number of unbranched alkanes of at least 4 members (excludes halogenated alkanes) is 11. The zero-order valence-corrected chi connectivity index (χ0v) is 16.6. The molecule has 0 heterocycles. The highest BCUT2D eigenvalue weighted by atomic mass is 32.3. The molecular weight excluding hydrogens is 314 g/mol. The Kier molecular flexibility index (Phi) is 21.7. The molecule has 0 aromatic heterocycles. The first-order valence-corrected chi connectivity index (χ1v) is 10.4. The summed E-state index contributed by atoms with van der Waals surface area (Å²) >= 11 is 0. The lowest BCUT2D eigenvalue weighted by atomic mass is 10.1. The maximum atomic E-state index is 10.9. The zero-order valence-electron chi connectivity index (χ0n) is 15.7. The van der Waals surface area contributed by atoms with E-state index in [2.05, 4.69) is 20.6 Å². The molecule has 0 saturated heterocycles. The van der Waals surface area contributed by atoms with E-state index in [1.54, 1.807) is 0 Å². The van der Waals surface area contributed by atoms with Crippen molar-refractivity contribution in [3.05, 3.63) is 0 Å². The van der Waals surface area contributed by atoms with Crippen molar-refractivity contribution in [2.45, 2.75) is 84.0 Å². The van der Waals surface area contributed by atoms with Gasteiger partial charge in [0.2, 0.25) is 0 Å². The van der Waals surface area contributed by atoms with Gasteiger partial charge in [-0.15, -0.1) is 0 Å². The summed E-state index contributed by atoms with van der Waals surface area (Å²) in [5, 5.41) is 2.75. The van der Waals surface area contributed by atoms with Crippen molar-refractivity contribution < 1.29 is 16.8 Å². The topological polar surface area (TPSA) is 64.6 Å². The van der Waals surface area contributed by atoms with Crippen LogP contribution in [0.15, 0.2) is 0 Å². The average molecular weight is 354 g/mol. The van der Waals surface area contributed by atoms with Gasteiger partial charge < -0.3 is 5.32 Å². The second-order valence-electron chi connectivity index (χ2n) is 5.79. The van der Waals surface area contributed by atoms with Crippen LogP contribution in [0.5, 0.6) is 0 Å². The van der Waals surface area contributed by atoms with Gasteiger partial charge in [0.25, 0.3) is 0 Å². The van der Waals surface area contributed by atoms with Crippen molar-refractivity contribution in [1.29, 1.82) is 0 Å². The molecule has 1 N–H and O–H groups in total. The standard InChI is InChI=1S/C15H32O4S.C2H7N/c1-3-4-5-6-7-8-9-10-11-12-13-14-15-19-20(16,17)18-2;1-3-2/h3-15H2,1-2H3;3H,1-2H3. The Labute approximate surface area is 144 Å². The minimum Gasteiger partial charge on any atom is -0.323 e. The van der Waals surface area contributed by atoms with E-state index in [0.29, 0.717) is 0 Å². The van der Waals surface area contributed by atoms with Crippen molar-refractivity contribution in [2.24, 2.45) is 0 Å². The first-order chi connectivity index (χ1) is 11.0. The van der Waals surface area contributed by atoms with Gasteiger partial charge in [0.1, 0.15) is 0 Å². The molecule has 0 aliphatic rings. The molecule has 0 aromatic carbocycles. The molecule has 5 nitrogen and oxygen atoms in total. The highest BCUT2D eigenvalue weighted by Crippen LogP contribution is 2.12. The molecule has 0 aliphatic carbocycles. The first-order valence-electron chi connectivity index (χ1n) is 9.07. The largest absolute Gasteiger partial charge is 0.399 e. The summed E-state index contributed by atoms with van der Waals surface area (Å²) in [5.74, 6) is 0. The van der Waals surface area contributed by atoms with E-state index in [0.717, 1.165) is 26.4 Å². The molecule has 0 unspecified atom stereocenters. The van der Waals surface area contributed by atoms with Crippen LogP contribution in [0.3, 0.4) is 0 Å². The molecule has 0 amide bonds. The van der Waals surface area contributed by atoms with Crippen LogP contribution in [0.25, 0.3) is 0 Å². The maximum Gasteiger partial charge on any atom is 0.399 e. The predicted molar refractivity (Wildman–Crippen MR) is 97.9 cm³/mol. The van der Waals surface area contributed by atoms with E-state index in [1.165, 1.54) is 57.8 Å². The third-order valence-corrected chi connectivity index (χ3v) is 4.29. The smallest absolute Gasteiger partial charge is 0.323 e. The summed E-state index contributed by atoms with van der Waals surface area (Å²) in [7, 11) is 1.12. The van der Waals surface area contributed by atoms with Crippen molar-refractivity contribution in [2.75, 3.05) is 27.8 Å². The van der Waals surface area contributed by atoms with E-state index in [-0.39, 0.29) is 6.61 Å². The highest BCUT2D eigenvalue weighted by molar-refractivity contribution is 7.81. The van der Waals surface area contributed by atoms with Crippen LogP contribution in [0.1, 0.15) is 84.0 Å². The van der Waals surface area contributed by atoms with Crippen molar-refractivity contribution >= 4 is 10.4 Å². The van der Waals surface area contributed by atoms with Gasteiger partial charge in [0.05, 0.1) is 13.7 Å².